The minimum absolute atomic E-state index is 0.0921. The van der Waals surface area contributed by atoms with E-state index in [1.54, 1.807) is 0 Å². The van der Waals surface area contributed by atoms with E-state index in [-0.39, 0.29) is 23.0 Å². The number of ether oxygens (including phenoxy) is 1. The first-order valence-electron chi connectivity index (χ1n) is 9.99. The molecule has 1 aromatic heterocycles. The van der Waals surface area contributed by atoms with E-state index in [4.69, 9.17) is 4.42 Å². The number of sulfonamides is 1. The molecule has 0 aliphatic carbocycles. The Hall–Kier alpha value is -3.06. The van der Waals surface area contributed by atoms with Crippen LogP contribution in [0.1, 0.15) is 31.1 Å². The van der Waals surface area contributed by atoms with E-state index in [1.807, 2.05) is 0 Å². The summed E-state index contributed by atoms with van der Waals surface area (Å²) in [6.07, 6.45) is -3.34. The SMILES string of the molecule is CC1(c2ccc(OC(F)(F)F)cc2)NC(=O)N(Cc2ccc(S(=O)(=O)N3CCCC3)o2)C1=O. The van der Waals surface area contributed by atoms with E-state index in [0.29, 0.717) is 13.1 Å². The second-order valence-electron chi connectivity index (χ2n) is 7.85. The number of imide groups is 1. The molecule has 3 amide bonds. The number of nitrogens with zero attached hydrogens (tertiary/aromatic N) is 2. The van der Waals surface area contributed by atoms with Crippen molar-refractivity contribution in [2.45, 2.75) is 43.3 Å². The first-order chi connectivity index (χ1) is 15.4. The van der Waals surface area contributed by atoms with Crippen molar-refractivity contribution >= 4 is 22.0 Å². The van der Waals surface area contributed by atoms with Crippen LogP contribution < -0.4 is 10.1 Å². The van der Waals surface area contributed by atoms with Gasteiger partial charge in [-0.25, -0.2) is 13.2 Å². The third-order valence-electron chi connectivity index (χ3n) is 5.55. The lowest BCUT2D eigenvalue weighted by molar-refractivity contribution is -0.274. The number of hydrogen-bond acceptors (Lipinski definition) is 6. The number of halogens is 3. The Bertz CT molecular complexity index is 1170. The van der Waals surface area contributed by atoms with E-state index < -0.39 is 39.6 Å². The first kappa shape index (κ1) is 23.1. The van der Waals surface area contributed by atoms with Crippen molar-refractivity contribution in [1.82, 2.24) is 14.5 Å². The van der Waals surface area contributed by atoms with Crippen LogP contribution in [0.25, 0.3) is 0 Å². The number of furan rings is 1. The minimum atomic E-state index is -4.86. The smallest absolute Gasteiger partial charge is 0.446 e. The van der Waals surface area contributed by atoms with Crippen LogP contribution >= 0.6 is 0 Å². The molecule has 3 heterocycles. The quantitative estimate of drug-likeness (QED) is 0.628. The van der Waals surface area contributed by atoms with Crippen molar-refractivity contribution in [1.29, 1.82) is 0 Å². The van der Waals surface area contributed by atoms with Crippen molar-refractivity contribution < 1.29 is 40.3 Å². The number of hydrogen-bond donors (Lipinski definition) is 1. The van der Waals surface area contributed by atoms with E-state index >= 15 is 0 Å². The van der Waals surface area contributed by atoms with Crippen LogP contribution in [0.15, 0.2) is 45.9 Å². The molecule has 0 saturated carbocycles. The molecule has 1 N–H and O–H groups in total. The monoisotopic (exact) mass is 487 g/mol. The standard InChI is InChI=1S/C20H20F3N3O6S/c1-19(13-4-6-14(7-5-13)32-20(21,22)23)17(27)26(18(28)24-19)12-15-8-9-16(31-15)33(29,30)25-10-2-3-11-25/h4-9H,2-3,10-12H2,1H3,(H,24,28). The van der Waals surface area contributed by atoms with Gasteiger partial charge in [0.05, 0.1) is 6.54 Å². The Morgan fingerprint density at radius 2 is 1.73 bits per heavy atom. The zero-order chi connectivity index (χ0) is 24.0. The van der Waals surface area contributed by atoms with Crippen molar-refractivity contribution in [3.8, 4) is 5.75 Å². The van der Waals surface area contributed by atoms with Gasteiger partial charge in [-0.2, -0.15) is 4.31 Å². The van der Waals surface area contributed by atoms with Gasteiger partial charge in [0.2, 0.25) is 5.09 Å². The highest BCUT2D eigenvalue weighted by atomic mass is 32.2. The molecule has 2 fully saturated rings. The first-order valence-corrected chi connectivity index (χ1v) is 11.4. The predicted octanol–water partition coefficient (Wildman–Crippen LogP) is 2.93. The van der Waals surface area contributed by atoms with Crippen molar-refractivity contribution in [2.75, 3.05) is 13.1 Å². The van der Waals surface area contributed by atoms with Gasteiger partial charge in [-0.15, -0.1) is 13.2 Å². The molecule has 178 valence electrons. The van der Waals surface area contributed by atoms with E-state index in [1.165, 1.54) is 35.5 Å². The van der Waals surface area contributed by atoms with Crippen LogP contribution in [0.5, 0.6) is 5.75 Å². The molecule has 1 aromatic carbocycles. The summed E-state index contributed by atoms with van der Waals surface area (Å²) < 4.78 is 72.9. The minimum Gasteiger partial charge on any atom is -0.446 e. The molecule has 2 saturated heterocycles. The van der Waals surface area contributed by atoms with E-state index in [9.17, 15) is 31.2 Å². The summed E-state index contributed by atoms with van der Waals surface area (Å²) in [6, 6.07) is 6.48. The lowest BCUT2D eigenvalue weighted by Gasteiger charge is -2.22. The highest BCUT2D eigenvalue weighted by Crippen LogP contribution is 2.32. The molecule has 0 bridgehead atoms. The summed E-state index contributed by atoms with van der Waals surface area (Å²) in [7, 11) is -3.79. The number of carbonyl (C=O) groups is 2. The van der Waals surface area contributed by atoms with Gasteiger partial charge in [-0.1, -0.05) is 12.1 Å². The van der Waals surface area contributed by atoms with Gasteiger partial charge in [-0.05, 0) is 49.6 Å². The Morgan fingerprint density at radius 1 is 1.09 bits per heavy atom. The van der Waals surface area contributed by atoms with Gasteiger partial charge < -0.3 is 14.5 Å². The fourth-order valence-electron chi connectivity index (χ4n) is 3.82. The lowest BCUT2D eigenvalue weighted by atomic mass is 9.92. The Labute approximate surface area is 187 Å². The van der Waals surface area contributed by atoms with Crippen LogP contribution in [0.2, 0.25) is 0 Å². The maximum atomic E-state index is 13.0. The van der Waals surface area contributed by atoms with Crippen molar-refractivity contribution in [3.63, 3.8) is 0 Å². The summed E-state index contributed by atoms with van der Waals surface area (Å²) in [5.74, 6) is -1.04. The normalized spacial score (nSPS) is 22.1. The third kappa shape index (κ3) is 4.42. The second-order valence-corrected chi connectivity index (χ2v) is 9.72. The maximum Gasteiger partial charge on any atom is 0.573 e. The lowest BCUT2D eigenvalue weighted by Crippen LogP contribution is -2.40. The number of rotatable bonds is 6. The molecule has 0 spiro atoms. The summed E-state index contributed by atoms with van der Waals surface area (Å²) in [5, 5.41) is 2.25. The zero-order valence-corrected chi connectivity index (χ0v) is 18.2. The van der Waals surface area contributed by atoms with Gasteiger partial charge in [0.25, 0.3) is 15.9 Å². The molecule has 2 aliphatic heterocycles. The fraction of sp³-hybridized carbons (Fsp3) is 0.400. The highest BCUT2D eigenvalue weighted by Gasteiger charge is 2.49. The molecule has 13 heteroatoms. The Kier molecular flexibility index (Phi) is 5.65. The number of benzene rings is 1. The average Bonchev–Trinajstić information content (AvgIpc) is 3.46. The largest absolute Gasteiger partial charge is 0.573 e. The highest BCUT2D eigenvalue weighted by molar-refractivity contribution is 7.89. The molecule has 1 atom stereocenters. The van der Waals surface area contributed by atoms with Crippen LogP contribution in [0, 0.1) is 0 Å². The number of carbonyl (C=O) groups excluding carboxylic acids is 2. The number of amides is 3. The Balaban J connectivity index is 1.50. The maximum absolute atomic E-state index is 13.0. The summed E-state index contributed by atoms with van der Waals surface area (Å²) >= 11 is 0. The molecular weight excluding hydrogens is 467 g/mol. The van der Waals surface area contributed by atoms with E-state index in [2.05, 4.69) is 10.1 Å². The number of alkyl halides is 3. The Morgan fingerprint density at radius 3 is 2.33 bits per heavy atom. The topological polar surface area (TPSA) is 109 Å². The summed E-state index contributed by atoms with van der Waals surface area (Å²) in [4.78, 5) is 26.4. The van der Waals surface area contributed by atoms with Gasteiger partial charge in [-0.3, -0.25) is 9.69 Å². The molecule has 1 unspecified atom stereocenters. The summed E-state index contributed by atoms with van der Waals surface area (Å²) in [6.45, 7) is 1.90. The van der Waals surface area contributed by atoms with E-state index in [0.717, 1.165) is 29.9 Å². The molecule has 0 radical (unpaired) electrons. The average molecular weight is 487 g/mol. The van der Waals surface area contributed by atoms with Gasteiger partial charge in [0.1, 0.15) is 17.0 Å². The van der Waals surface area contributed by atoms with Crippen LogP contribution in [0.3, 0.4) is 0 Å². The van der Waals surface area contributed by atoms with Crippen LogP contribution in [-0.4, -0.2) is 49.0 Å². The third-order valence-corrected chi connectivity index (χ3v) is 7.32. The van der Waals surface area contributed by atoms with Crippen LogP contribution in [-0.2, 0) is 26.9 Å². The second kappa shape index (κ2) is 8.06. The number of urea groups is 1. The molecule has 9 nitrogen and oxygen atoms in total. The van der Waals surface area contributed by atoms with Gasteiger partial charge in [0.15, 0.2) is 0 Å². The molecule has 33 heavy (non-hydrogen) atoms. The van der Waals surface area contributed by atoms with Gasteiger partial charge in [0, 0.05) is 13.1 Å². The molecule has 2 aromatic rings. The van der Waals surface area contributed by atoms with Gasteiger partial charge >= 0.3 is 12.4 Å². The van der Waals surface area contributed by atoms with Crippen molar-refractivity contribution in [3.05, 3.63) is 47.7 Å². The number of nitrogens with one attached hydrogen (secondary N) is 1. The molecule has 2 aliphatic rings. The molecular formula is C20H20F3N3O6S. The zero-order valence-electron chi connectivity index (χ0n) is 17.4. The summed E-state index contributed by atoms with van der Waals surface area (Å²) in [5.41, 5.74) is -1.29. The van der Waals surface area contributed by atoms with Crippen LogP contribution in [0.4, 0.5) is 18.0 Å². The van der Waals surface area contributed by atoms with Crippen molar-refractivity contribution in [2.24, 2.45) is 0 Å². The molecule has 4 rings (SSSR count). The predicted molar refractivity (Wildman–Crippen MR) is 106 cm³/mol. The fourth-order valence-corrected chi connectivity index (χ4v) is 5.27.